The van der Waals surface area contributed by atoms with Crippen molar-refractivity contribution in [3.63, 3.8) is 0 Å². The van der Waals surface area contributed by atoms with Gasteiger partial charge in [0.25, 0.3) is 0 Å². The van der Waals surface area contributed by atoms with Crippen LogP contribution in [0.4, 0.5) is 0 Å². The minimum absolute atomic E-state index is 0.00899. The molecule has 0 heterocycles. The zero-order valence-corrected chi connectivity index (χ0v) is 16.5. The first-order chi connectivity index (χ1) is 12.8. The maximum atomic E-state index is 10.5. The molecule has 27 heavy (non-hydrogen) atoms. The van der Waals surface area contributed by atoms with Gasteiger partial charge in [0, 0.05) is 25.2 Å². The lowest BCUT2D eigenvalue weighted by atomic mass is 9.87. The van der Waals surface area contributed by atoms with E-state index in [-0.39, 0.29) is 18.3 Å². The van der Waals surface area contributed by atoms with Gasteiger partial charge in [-0.3, -0.25) is 4.79 Å². The maximum Gasteiger partial charge on any atom is 0.303 e. The molecule has 5 nitrogen and oxygen atoms in total. The number of rotatable bonds is 13. The van der Waals surface area contributed by atoms with Gasteiger partial charge in [0.2, 0.25) is 0 Å². The highest BCUT2D eigenvalue weighted by Crippen LogP contribution is 2.37. The lowest BCUT2D eigenvalue weighted by molar-refractivity contribution is -0.137. The van der Waals surface area contributed by atoms with Gasteiger partial charge in [0.15, 0.2) is 0 Å². The molecule has 1 aliphatic rings. The number of carbonyl (C=O) groups is 1. The van der Waals surface area contributed by atoms with Crippen molar-refractivity contribution in [1.82, 2.24) is 0 Å². The van der Waals surface area contributed by atoms with E-state index < -0.39 is 23.8 Å². The molecule has 1 rings (SSSR count). The zero-order chi connectivity index (χ0) is 20.3. The third-order valence-electron chi connectivity index (χ3n) is 5.62. The topological polar surface area (TPSA) is 98.0 Å². The SMILES string of the molecule is C#CC(O)(CC=C[C@@H]1[C@@H](CCCCCCC(=O)O)[C@H](O)C[C@H]1O)CCCC. The molecule has 0 spiro atoms. The third-order valence-corrected chi connectivity index (χ3v) is 5.62. The van der Waals surface area contributed by atoms with E-state index >= 15 is 0 Å². The van der Waals surface area contributed by atoms with Gasteiger partial charge >= 0.3 is 5.97 Å². The molecule has 1 aliphatic carbocycles. The molecule has 0 aromatic carbocycles. The van der Waals surface area contributed by atoms with Crippen molar-refractivity contribution < 1.29 is 25.2 Å². The highest BCUT2D eigenvalue weighted by Gasteiger charge is 2.39. The van der Waals surface area contributed by atoms with Crippen molar-refractivity contribution in [2.45, 2.75) is 95.4 Å². The molecule has 154 valence electrons. The van der Waals surface area contributed by atoms with Gasteiger partial charge in [-0.2, -0.15) is 0 Å². The summed E-state index contributed by atoms with van der Waals surface area (Å²) in [6, 6.07) is 0. The van der Waals surface area contributed by atoms with E-state index in [9.17, 15) is 20.1 Å². The molecule has 0 aromatic heterocycles. The van der Waals surface area contributed by atoms with Gasteiger partial charge in [-0.25, -0.2) is 0 Å². The molecule has 1 fully saturated rings. The van der Waals surface area contributed by atoms with Crippen LogP contribution in [0.1, 0.15) is 77.6 Å². The number of terminal acetylenes is 1. The van der Waals surface area contributed by atoms with E-state index in [1.165, 1.54) is 0 Å². The lowest BCUT2D eigenvalue weighted by Crippen LogP contribution is -2.26. The normalized spacial score (nSPS) is 27.5. The molecule has 5 atom stereocenters. The average molecular weight is 381 g/mol. The highest BCUT2D eigenvalue weighted by molar-refractivity contribution is 5.66. The molecule has 0 bridgehead atoms. The van der Waals surface area contributed by atoms with E-state index in [0.29, 0.717) is 25.7 Å². The summed E-state index contributed by atoms with van der Waals surface area (Å²) in [4.78, 5) is 10.5. The van der Waals surface area contributed by atoms with Crippen molar-refractivity contribution in [2.24, 2.45) is 11.8 Å². The predicted octanol–water partition coefficient (Wildman–Crippen LogP) is 3.27. The predicted molar refractivity (Wildman–Crippen MR) is 106 cm³/mol. The summed E-state index contributed by atoms with van der Waals surface area (Å²) in [5, 5.41) is 39.6. The number of hydrogen-bond donors (Lipinski definition) is 4. The van der Waals surface area contributed by atoms with E-state index in [1.54, 1.807) is 0 Å². The molecule has 4 N–H and O–H groups in total. The Labute approximate surface area is 163 Å². The van der Waals surface area contributed by atoms with Gasteiger partial charge in [-0.1, -0.05) is 50.7 Å². The van der Waals surface area contributed by atoms with Crippen LogP contribution in [0.15, 0.2) is 12.2 Å². The Morgan fingerprint density at radius 1 is 1.19 bits per heavy atom. The third kappa shape index (κ3) is 8.47. The van der Waals surface area contributed by atoms with Crippen LogP contribution < -0.4 is 0 Å². The van der Waals surface area contributed by atoms with Crippen LogP contribution in [0.5, 0.6) is 0 Å². The van der Waals surface area contributed by atoms with Crippen molar-refractivity contribution >= 4 is 5.97 Å². The highest BCUT2D eigenvalue weighted by atomic mass is 16.4. The summed E-state index contributed by atoms with van der Waals surface area (Å²) < 4.78 is 0. The Bertz CT molecular complexity index is 509. The van der Waals surface area contributed by atoms with Crippen molar-refractivity contribution in [3.05, 3.63) is 12.2 Å². The van der Waals surface area contributed by atoms with Crippen LogP contribution in [0, 0.1) is 24.2 Å². The summed E-state index contributed by atoms with van der Waals surface area (Å²) >= 11 is 0. The number of aliphatic carboxylic acids is 1. The number of aliphatic hydroxyl groups is 3. The number of carboxylic acids is 1. The first-order valence-electron chi connectivity index (χ1n) is 10.3. The zero-order valence-electron chi connectivity index (χ0n) is 16.5. The maximum absolute atomic E-state index is 10.5. The van der Waals surface area contributed by atoms with Gasteiger partial charge in [-0.05, 0) is 31.6 Å². The number of aliphatic hydroxyl groups excluding tert-OH is 2. The van der Waals surface area contributed by atoms with Crippen molar-refractivity contribution in [1.29, 1.82) is 0 Å². The Morgan fingerprint density at radius 2 is 1.89 bits per heavy atom. The van der Waals surface area contributed by atoms with Gasteiger partial charge < -0.3 is 20.4 Å². The molecule has 0 saturated heterocycles. The van der Waals surface area contributed by atoms with Crippen LogP contribution in [0.2, 0.25) is 0 Å². The second-order valence-electron chi connectivity index (χ2n) is 7.87. The van der Waals surface area contributed by atoms with E-state index in [0.717, 1.165) is 38.5 Å². The quantitative estimate of drug-likeness (QED) is 0.223. The standard InChI is InChI=1S/C22H36O5/c1-3-5-14-22(27,4-2)15-10-12-18-17(19(23)16-20(18)24)11-8-6-7-9-13-21(25)26/h2,10,12,17-20,23-24,27H,3,5-9,11,13-16H2,1H3,(H,25,26)/t17-,18-,19-,20-,22?/m1/s1. The fraction of sp³-hybridized carbons (Fsp3) is 0.773. The Kier molecular flexibility index (Phi) is 10.7. The summed E-state index contributed by atoms with van der Waals surface area (Å²) in [5.41, 5.74) is -1.14. The van der Waals surface area contributed by atoms with Crippen LogP contribution in [0.25, 0.3) is 0 Å². The number of hydrogen-bond acceptors (Lipinski definition) is 4. The van der Waals surface area contributed by atoms with Crippen LogP contribution in [-0.4, -0.2) is 44.2 Å². The minimum Gasteiger partial charge on any atom is -0.481 e. The molecule has 0 aliphatic heterocycles. The van der Waals surface area contributed by atoms with Crippen molar-refractivity contribution in [2.75, 3.05) is 0 Å². The van der Waals surface area contributed by atoms with Crippen LogP contribution >= 0.6 is 0 Å². The molecular formula is C22H36O5. The smallest absolute Gasteiger partial charge is 0.303 e. The Morgan fingerprint density at radius 3 is 2.52 bits per heavy atom. The lowest BCUT2D eigenvalue weighted by Gasteiger charge is -2.22. The number of carboxylic acid groups (broad SMARTS) is 1. The van der Waals surface area contributed by atoms with Crippen molar-refractivity contribution in [3.8, 4) is 12.3 Å². The monoisotopic (exact) mass is 380 g/mol. The fourth-order valence-corrected chi connectivity index (χ4v) is 3.91. The average Bonchev–Trinajstić information content (AvgIpc) is 2.89. The van der Waals surface area contributed by atoms with Crippen LogP contribution in [-0.2, 0) is 4.79 Å². The molecular weight excluding hydrogens is 344 g/mol. The van der Waals surface area contributed by atoms with E-state index in [2.05, 4.69) is 12.8 Å². The molecule has 1 saturated carbocycles. The summed E-state index contributed by atoms with van der Waals surface area (Å²) in [5.74, 6) is 1.58. The molecule has 1 unspecified atom stereocenters. The summed E-state index contributed by atoms with van der Waals surface area (Å²) in [6.07, 6.45) is 15.6. The second kappa shape index (κ2) is 12.2. The summed E-state index contributed by atoms with van der Waals surface area (Å²) in [6.45, 7) is 2.05. The first-order valence-corrected chi connectivity index (χ1v) is 10.3. The largest absolute Gasteiger partial charge is 0.481 e. The Balaban J connectivity index is 2.50. The van der Waals surface area contributed by atoms with Gasteiger partial charge in [-0.15, -0.1) is 6.42 Å². The van der Waals surface area contributed by atoms with E-state index in [1.807, 2.05) is 12.2 Å². The molecule has 0 amide bonds. The fourth-order valence-electron chi connectivity index (χ4n) is 3.91. The summed E-state index contributed by atoms with van der Waals surface area (Å²) in [7, 11) is 0. The molecule has 0 radical (unpaired) electrons. The van der Waals surface area contributed by atoms with Gasteiger partial charge in [0.1, 0.15) is 5.60 Å². The molecule has 0 aromatic rings. The van der Waals surface area contributed by atoms with E-state index in [4.69, 9.17) is 11.5 Å². The van der Waals surface area contributed by atoms with Gasteiger partial charge in [0.05, 0.1) is 12.2 Å². The first kappa shape index (κ1) is 23.7. The number of unbranched alkanes of at least 4 members (excludes halogenated alkanes) is 4. The van der Waals surface area contributed by atoms with Crippen LogP contribution in [0.3, 0.4) is 0 Å². The Hall–Kier alpha value is -1.35. The minimum atomic E-state index is -1.14. The molecule has 5 heteroatoms. The second-order valence-corrected chi connectivity index (χ2v) is 7.87.